The van der Waals surface area contributed by atoms with Crippen molar-refractivity contribution in [1.82, 2.24) is 9.80 Å². The monoisotopic (exact) mass is 291 g/mol. The number of piperidine rings is 1. The van der Waals surface area contributed by atoms with Crippen LogP contribution in [0.5, 0.6) is 0 Å². The number of piperazine rings is 1. The van der Waals surface area contributed by atoms with E-state index in [2.05, 4.69) is 4.90 Å². The molecule has 2 fully saturated rings. The number of nitrogens with two attached hydrogens (primary N) is 1. The summed E-state index contributed by atoms with van der Waals surface area (Å²) in [5.41, 5.74) is 6.89. The molecule has 114 valence electrons. The van der Waals surface area contributed by atoms with Crippen LogP contribution in [-0.2, 0) is 0 Å². The minimum atomic E-state index is -0.408. The van der Waals surface area contributed by atoms with Crippen molar-refractivity contribution in [3.63, 3.8) is 0 Å². The van der Waals surface area contributed by atoms with Gasteiger partial charge in [-0.25, -0.2) is 4.39 Å². The zero-order valence-corrected chi connectivity index (χ0v) is 12.4. The van der Waals surface area contributed by atoms with Crippen LogP contribution in [0, 0.1) is 12.7 Å². The van der Waals surface area contributed by atoms with E-state index < -0.39 is 5.82 Å². The van der Waals surface area contributed by atoms with Crippen molar-refractivity contribution in [3.05, 3.63) is 29.1 Å². The lowest BCUT2D eigenvalue weighted by Gasteiger charge is -2.44. The molecule has 21 heavy (non-hydrogen) atoms. The molecule has 2 aliphatic heterocycles. The summed E-state index contributed by atoms with van der Waals surface area (Å²) in [5.74, 6) is -0.513. The number of rotatable bonds is 1. The summed E-state index contributed by atoms with van der Waals surface area (Å²) in [6, 6.07) is 3.36. The van der Waals surface area contributed by atoms with Gasteiger partial charge >= 0.3 is 0 Å². The molecule has 2 heterocycles. The number of amides is 1. The first-order chi connectivity index (χ1) is 10.1. The van der Waals surface area contributed by atoms with Gasteiger partial charge < -0.3 is 10.6 Å². The van der Waals surface area contributed by atoms with Crippen molar-refractivity contribution >= 4 is 11.6 Å². The average Bonchev–Trinajstić information content (AvgIpc) is 2.51. The molecule has 2 N–H and O–H groups in total. The molecule has 0 radical (unpaired) electrons. The number of halogens is 1. The Kier molecular flexibility index (Phi) is 3.85. The van der Waals surface area contributed by atoms with Crippen molar-refractivity contribution in [3.8, 4) is 0 Å². The normalized spacial score (nSPS) is 23.0. The highest BCUT2D eigenvalue weighted by atomic mass is 19.1. The second kappa shape index (κ2) is 5.64. The third-order valence-electron chi connectivity index (χ3n) is 4.76. The molecule has 0 aromatic heterocycles. The van der Waals surface area contributed by atoms with E-state index in [9.17, 15) is 9.18 Å². The topological polar surface area (TPSA) is 49.6 Å². The van der Waals surface area contributed by atoms with Crippen molar-refractivity contribution in [2.45, 2.75) is 32.2 Å². The summed E-state index contributed by atoms with van der Waals surface area (Å²) in [7, 11) is 0. The number of hydrogen-bond acceptors (Lipinski definition) is 3. The molecule has 0 saturated carbocycles. The fourth-order valence-electron chi connectivity index (χ4n) is 3.35. The van der Waals surface area contributed by atoms with Gasteiger partial charge in [0.15, 0.2) is 0 Å². The quantitative estimate of drug-likeness (QED) is 0.805. The summed E-state index contributed by atoms with van der Waals surface area (Å²) in [6.45, 7) is 5.14. The Hall–Kier alpha value is -1.62. The van der Waals surface area contributed by atoms with Crippen molar-refractivity contribution in [2.24, 2.45) is 0 Å². The van der Waals surface area contributed by atoms with Gasteiger partial charge in [-0.05, 0) is 38.4 Å². The summed E-state index contributed by atoms with van der Waals surface area (Å²) < 4.78 is 13.8. The van der Waals surface area contributed by atoms with Crippen LogP contribution < -0.4 is 5.73 Å². The summed E-state index contributed by atoms with van der Waals surface area (Å²) >= 11 is 0. The van der Waals surface area contributed by atoms with Gasteiger partial charge in [0, 0.05) is 42.5 Å². The lowest BCUT2D eigenvalue weighted by atomic mass is 9.99. The number of fused-ring (bicyclic) bond motifs is 1. The Morgan fingerprint density at radius 3 is 2.86 bits per heavy atom. The number of carbonyl (C=O) groups excluding carboxylic acids is 1. The predicted octanol–water partition coefficient (Wildman–Crippen LogP) is 2.03. The SMILES string of the molecule is Cc1c(N)cc(C(=O)N2CCN3CCCCC3C2)cc1F. The Labute approximate surface area is 124 Å². The molecule has 0 bridgehead atoms. The number of benzene rings is 1. The zero-order chi connectivity index (χ0) is 15.0. The highest BCUT2D eigenvalue weighted by molar-refractivity contribution is 5.95. The number of carbonyl (C=O) groups is 1. The van der Waals surface area contributed by atoms with Gasteiger partial charge in [-0.15, -0.1) is 0 Å². The molecule has 1 amide bonds. The van der Waals surface area contributed by atoms with Crippen LogP contribution in [0.3, 0.4) is 0 Å². The van der Waals surface area contributed by atoms with Crippen LogP contribution in [0.15, 0.2) is 12.1 Å². The van der Waals surface area contributed by atoms with E-state index in [0.29, 0.717) is 29.4 Å². The second-order valence-electron chi connectivity index (χ2n) is 6.11. The van der Waals surface area contributed by atoms with E-state index in [4.69, 9.17) is 5.73 Å². The maximum atomic E-state index is 13.8. The van der Waals surface area contributed by atoms with Gasteiger partial charge in [0.05, 0.1) is 0 Å². The zero-order valence-electron chi connectivity index (χ0n) is 12.4. The molecule has 0 aliphatic carbocycles. The molecule has 5 heteroatoms. The molecule has 2 aliphatic rings. The molecule has 1 aromatic carbocycles. The molecule has 1 unspecified atom stereocenters. The maximum absolute atomic E-state index is 13.8. The number of anilines is 1. The number of nitrogens with zero attached hydrogens (tertiary/aromatic N) is 2. The molecule has 1 atom stereocenters. The third-order valence-corrected chi connectivity index (χ3v) is 4.76. The smallest absolute Gasteiger partial charge is 0.254 e. The number of nitrogen functional groups attached to an aromatic ring is 1. The second-order valence-corrected chi connectivity index (χ2v) is 6.11. The number of hydrogen-bond donors (Lipinski definition) is 1. The van der Waals surface area contributed by atoms with E-state index in [1.165, 1.54) is 18.9 Å². The first-order valence-electron chi connectivity index (χ1n) is 7.65. The minimum Gasteiger partial charge on any atom is -0.398 e. The summed E-state index contributed by atoms with van der Waals surface area (Å²) in [5, 5.41) is 0. The lowest BCUT2D eigenvalue weighted by molar-refractivity contribution is 0.0372. The first-order valence-corrected chi connectivity index (χ1v) is 7.65. The van der Waals surface area contributed by atoms with Crippen LogP contribution in [-0.4, -0.2) is 47.9 Å². The van der Waals surface area contributed by atoms with Gasteiger partial charge in [0.2, 0.25) is 0 Å². The summed E-state index contributed by atoms with van der Waals surface area (Å²) in [4.78, 5) is 16.9. The third kappa shape index (κ3) is 2.75. The molecular weight excluding hydrogens is 269 g/mol. The molecule has 4 nitrogen and oxygen atoms in total. The maximum Gasteiger partial charge on any atom is 0.254 e. The molecule has 0 spiro atoms. The molecule has 1 aromatic rings. The summed E-state index contributed by atoms with van der Waals surface area (Å²) in [6.07, 6.45) is 3.63. The predicted molar refractivity (Wildman–Crippen MR) is 80.7 cm³/mol. The largest absolute Gasteiger partial charge is 0.398 e. The Bertz CT molecular complexity index is 537. The highest BCUT2D eigenvalue weighted by Crippen LogP contribution is 2.24. The van der Waals surface area contributed by atoms with Crippen molar-refractivity contribution < 1.29 is 9.18 Å². The van der Waals surface area contributed by atoms with Crippen molar-refractivity contribution in [2.75, 3.05) is 31.9 Å². The Balaban J connectivity index is 1.76. The Morgan fingerprint density at radius 2 is 2.10 bits per heavy atom. The van der Waals surface area contributed by atoms with Gasteiger partial charge in [-0.3, -0.25) is 9.69 Å². The molecule has 3 rings (SSSR count). The molecule has 2 saturated heterocycles. The highest BCUT2D eigenvalue weighted by Gasteiger charge is 2.31. The van der Waals surface area contributed by atoms with Crippen LogP contribution in [0.4, 0.5) is 10.1 Å². The lowest BCUT2D eigenvalue weighted by Crippen LogP contribution is -2.56. The van der Waals surface area contributed by atoms with Crippen molar-refractivity contribution in [1.29, 1.82) is 0 Å². The van der Waals surface area contributed by atoms with Gasteiger partial charge in [0.25, 0.3) is 5.91 Å². The van der Waals surface area contributed by atoms with E-state index in [1.807, 2.05) is 4.90 Å². The van der Waals surface area contributed by atoms with E-state index in [0.717, 1.165) is 26.1 Å². The van der Waals surface area contributed by atoms with Gasteiger partial charge in [-0.1, -0.05) is 6.42 Å². The van der Waals surface area contributed by atoms with E-state index in [-0.39, 0.29) is 5.91 Å². The fraction of sp³-hybridized carbons (Fsp3) is 0.562. The van der Waals surface area contributed by atoms with Gasteiger partial charge in [-0.2, -0.15) is 0 Å². The van der Waals surface area contributed by atoms with Crippen LogP contribution >= 0.6 is 0 Å². The van der Waals surface area contributed by atoms with Crippen LogP contribution in [0.1, 0.15) is 35.2 Å². The van der Waals surface area contributed by atoms with Crippen LogP contribution in [0.25, 0.3) is 0 Å². The minimum absolute atomic E-state index is 0.106. The standard InChI is InChI=1S/C16H22FN3O/c1-11-14(17)8-12(9-15(11)18)16(21)20-7-6-19-5-3-2-4-13(19)10-20/h8-9,13H,2-7,10,18H2,1H3. The van der Waals surface area contributed by atoms with E-state index in [1.54, 1.807) is 13.0 Å². The first kappa shape index (κ1) is 14.3. The fourth-order valence-corrected chi connectivity index (χ4v) is 3.35. The Morgan fingerprint density at radius 1 is 1.29 bits per heavy atom. The van der Waals surface area contributed by atoms with Gasteiger partial charge in [0.1, 0.15) is 5.82 Å². The van der Waals surface area contributed by atoms with Crippen LogP contribution in [0.2, 0.25) is 0 Å². The molecular formula is C16H22FN3O. The van der Waals surface area contributed by atoms with E-state index >= 15 is 0 Å². The average molecular weight is 291 g/mol.